The molecule has 154 valence electrons. The molecule has 10 heteroatoms. The number of nitrogens with zero attached hydrogens (tertiary/aromatic N) is 3. The summed E-state index contributed by atoms with van der Waals surface area (Å²) in [5.74, 6) is -0.334. The molecule has 0 unspecified atom stereocenters. The number of non-ortho nitro benzene ring substituents is 1. The number of amides is 1. The minimum Gasteiger partial charge on any atom is -0.455 e. The van der Waals surface area contributed by atoms with Crippen LogP contribution in [0.4, 0.5) is 10.5 Å². The minimum absolute atomic E-state index is 0.0929. The standard InChI is InChI=1S/C19H21N3O7/c1-2-11-27-19(24)21-10-4-6-15(21)18(23)29-12-28-16-8-7-14(22(25)26)13-5-3-9-20-17(13)16/h3,5,7-9,15H,2,4,6,10-12H2,1H3/t15-/m0/s1. The molecule has 0 bridgehead atoms. The van der Waals surface area contributed by atoms with E-state index in [0.29, 0.717) is 43.3 Å². The first kappa shape index (κ1) is 20.3. The predicted molar refractivity (Wildman–Crippen MR) is 101 cm³/mol. The maximum atomic E-state index is 12.4. The van der Waals surface area contributed by atoms with Crippen LogP contribution in [0.5, 0.6) is 5.75 Å². The monoisotopic (exact) mass is 403 g/mol. The lowest BCUT2D eigenvalue weighted by Crippen LogP contribution is -2.42. The van der Waals surface area contributed by atoms with E-state index in [1.165, 1.54) is 23.2 Å². The molecular formula is C19H21N3O7. The maximum absolute atomic E-state index is 12.4. The van der Waals surface area contributed by atoms with Gasteiger partial charge in [-0.3, -0.25) is 20.0 Å². The molecule has 1 fully saturated rings. The van der Waals surface area contributed by atoms with E-state index < -0.39 is 29.8 Å². The lowest BCUT2D eigenvalue weighted by atomic mass is 10.1. The van der Waals surface area contributed by atoms with Crippen LogP contribution in [0.25, 0.3) is 10.9 Å². The van der Waals surface area contributed by atoms with Gasteiger partial charge in [0.1, 0.15) is 17.3 Å². The van der Waals surface area contributed by atoms with Crippen LogP contribution in [0.15, 0.2) is 30.5 Å². The summed E-state index contributed by atoms with van der Waals surface area (Å²) in [5.41, 5.74) is 0.202. The smallest absolute Gasteiger partial charge is 0.410 e. The Balaban J connectivity index is 1.63. The van der Waals surface area contributed by atoms with Crippen LogP contribution in [0.2, 0.25) is 0 Å². The fraction of sp³-hybridized carbons (Fsp3) is 0.421. The summed E-state index contributed by atoms with van der Waals surface area (Å²) >= 11 is 0. The molecule has 0 radical (unpaired) electrons. The number of fused-ring (bicyclic) bond motifs is 1. The van der Waals surface area contributed by atoms with Crippen LogP contribution >= 0.6 is 0 Å². The van der Waals surface area contributed by atoms with Crippen molar-refractivity contribution in [1.82, 2.24) is 9.88 Å². The van der Waals surface area contributed by atoms with Crippen molar-refractivity contribution in [2.45, 2.75) is 32.2 Å². The van der Waals surface area contributed by atoms with Crippen LogP contribution in [-0.2, 0) is 14.3 Å². The zero-order valence-electron chi connectivity index (χ0n) is 15.9. The Morgan fingerprint density at radius 1 is 1.31 bits per heavy atom. The molecule has 2 aromatic rings. The number of carbonyl (C=O) groups excluding carboxylic acids is 2. The molecule has 1 aromatic heterocycles. The third-order valence-electron chi connectivity index (χ3n) is 4.51. The van der Waals surface area contributed by atoms with E-state index in [2.05, 4.69) is 4.98 Å². The predicted octanol–water partition coefficient (Wildman–Crippen LogP) is 3.03. The second-order valence-electron chi connectivity index (χ2n) is 6.43. The summed E-state index contributed by atoms with van der Waals surface area (Å²) in [6.07, 6.45) is 2.82. The third kappa shape index (κ3) is 4.53. The quantitative estimate of drug-likeness (QED) is 0.299. The van der Waals surface area contributed by atoms with Crippen LogP contribution in [-0.4, -0.2) is 52.9 Å². The first-order chi connectivity index (χ1) is 14.0. The van der Waals surface area contributed by atoms with Gasteiger partial charge < -0.3 is 14.2 Å². The van der Waals surface area contributed by atoms with E-state index in [4.69, 9.17) is 14.2 Å². The number of hydrogen-bond acceptors (Lipinski definition) is 8. The van der Waals surface area contributed by atoms with Gasteiger partial charge in [0, 0.05) is 18.8 Å². The van der Waals surface area contributed by atoms with Gasteiger partial charge in [0.25, 0.3) is 5.69 Å². The molecule has 1 aliphatic heterocycles. The van der Waals surface area contributed by atoms with Crippen molar-refractivity contribution in [3.8, 4) is 5.75 Å². The van der Waals surface area contributed by atoms with Crippen LogP contribution < -0.4 is 4.74 Å². The van der Waals surface area contributed by atoms with Gasteiger partial charge >= 0.3 is 12.1 Å². The van der Waals surface area contributed by atoms with E-state index in [0.717, 1.165) is 0 Å². The Labute approximate surface area is 166 Å². The number of rotatable bonds is 7. The fourth-order valence-corrected chi connectivity index (χ4v) is 3.16. The van der Waals surface area contributed by atoms with Gasteiger partial charge in [0.15, 0.2) is 0 Å². The van der Waals surface area contributed by atoms with Gasteiger partial charge in [-0.25, -0.2) is 9.59 Å². The maximum Gasteiger partial charge on any atom is 0.410 e. The van der Waals surface area contributed by atoms with Crippen molar-refractivity contribution >= 4 is 28.7 Å². The number of aromatic nitrogens is 1. The van der Waals surface area contributed by atoms with E-state index >= 15 is 0 Å². The van der Waals surface area contributed by atoms with Crippen molar-refractivity contribution in [1.29, 1.82) is 0 Å². The number of hydrogen-bond donors (Lipinski definition) is 0. The Hall–Kier alpha value is -3.43. The van der Waals surface area contributed by atoms with Crippen molar-refractivity contribution in [3.05, 3.63) is 40.6 Å². The molecule has 1 saturated heterocycles. The number of nitro groups is 1. The van der Waals surface area contributed by atoms with Gasteiger partial charge in [-0.2, -0.15) is 0 Å². The van der Waals surface area contributed by atoms with Crippen molar-refractivity contribution in [2.75, 3.05) is 19.9 Å². The van der Waals surface area contributed by atoms with Crippen molar-refractivity contribution < 1.29 is 28.7 Å². The minimum atomic E-state index is -0.713. The summed E-state index contributed by atoms with van der Waals surface area (Å²) in [7, 11) is 0. The molecule has 3 rings (SSSR count). The highest BCUT2D eigenvalue weighted by Crippen LogP contribution is 2.31. The van der Waals surface area contributed by atoms with E-state index in [9.17, 15) is 19.7 Å². The summed E-state index contributed by atoms with van der Waals surface area (Å²) < 4.78 is 15.7. The van der Waals surface area contributed by atoms with Crippen molar-refractivity contribution in [3.63, 3.8) is 0 Å². The van der Waals surface area contributed by atoms with Crippen LogP contribution in [0, 0.1) is 10.1 Å². The summed E-state index contributed by atoms with van der Waals surface area (Å²) in [4.78, 5) is 40.6. The molecule has 1 aromatic carbocycles. The first-order valence-electron chi connectivity index (χ1n) is 9.28. The molecule has 1 aliphatic rings. The zero-order chi connectivity index (χ0) is 20.8. The highest BCUT2D eigenvalue weighted by molar-refractivity contribution is 5.92. The van der Waals surface area contributed by atoms with Gasteiger partial charge in [0.05, 0.1) is 16.9 Å². The number of ether oxygens (including phenoxy) is 3. The summed E-state index contributed by atoms with van der Waals surface area (Å²) in [5, 5.41) is 11.5. The topological polar surface area (TPSA) is 121 Å². The highest BCUT2D eigenvalue weighted by atomic mass is 16.7. The SMILES string of the molecule is CCCOC(=O)N1CCC[C@H]1C(=O)OCOc1ccc([N+](=O)[O-])c2cccnc12. The summed E-state index contributed by atoms with van der Waals surface area (Å²) in [6.45, 7) is 2.20. The van der Waals surface area contributed by atoms with Crippen LogP contribution in [0.1, 0.15) is 26.2 Å². The molecule has 1 amide bonds. The lowest BCUT2D eigenvalue weighted by Gasteiger charge is -2.22. The fourth-order valence-electron chi connectivity index (χ4n) is 3.16. The molecule has 0 saturated carbocycles. The number of nitro benzene ring substituents is 1. The van der Waals surface area contributed by atoms with Gasteiger partial charge in [0.2, 0.25) is 6.79 Å². The number of benzene rings is 1. The molecule has 10 nitrogen and oxygen atoms in total. The number of carbonyl (C=O) groups is 2. The Kier molecular flexibility index (Phi) is 6.43. The van der Waals surface area contributed by atoms with Gasteiger partial charge in [-0.1, -0.05) is 6.92 Å². The molecule has 0 spiro atoms. The molecule has 29 heavy (non-hydrogen) atoms. The largest absolute Gasteiger partial charge is 0.455 e. The normalized spacial score (nSPS) is 15.9. The molecular weight excluding hydrogens is 382 g/mol. The van der Waals surface area contributed by atoms with E-state index in [1.807, 2.05) is 6.92 Å². The molecule has 0 N–H and O–H groups in total. The highest BCUT2D eigenvalue weighted by Gasteiger charge is 2.36. The Morgan fingerprint density at radius 3 is 2.90 bits per heavy atom. The average Bonchev–Trinajstić information content (AvgIpc) is 3.22. The molecule has 0 aliphatic carbocycles. The molecule has 2 heterocycles. The van der Waals surface area contributed by atoms with Crippen LogP contribution in [0.3, 0.4) is 0 Å². The second-order valence-corrected chi connectivity index (χ2v) is 6.43. The zero-order valence-corrected chi connectivity index (χ0v) is 15.9. The summed E-state index contributed by atoms with van der Waals surface area (Å²) in [6, 6.07) is 5.16. The number of esters is 1. The third-order valence-corrected chi connectivity index (χ3v) is 4.51. The number of pyridine rings is 1. The van der Waals surface area contributed by atoms with Gasteiger partial charge in [-0.15, -0.1) is 0 Å². The lowest BCUT2D eigenvalue weighted by molar-refractivity contribution is -0.383. The first-order valence-corrected chi connectivity index (χ1v) is 9.28. The van der Waals surface area contributed by atoms with E-state index in [-0.39, 0.29) is 11.4 Å². The second kappa shape index (κ2) is 9.18. The van der Waals surface area contributed by atoms with Gasteiger partial charge in [-0.05, 0) is 37.5 Å². The number of likely N-dealkylation sites (tertiary alicyclic amines) is 1. The van der Waals surface area contributed by atoms with Crippen molar-refractivity contribution in [2.24, 2.45) is 0 Å². The molecule has 1 atom stereocenters. The average molecular weight is 403 g/mol. The van der Waals surface area contributed by atoms with E-state index in [1.54, 1.807) is 12.1 Å². The Bertz CT molecular complexity index is 918. The Morgan fingerprint density at radius 2 is 2.14 bits per heavy atom.